The summed E-state index contributed by atoms with van der Waals surface area (Å²) in [5, 5.41) is -1.68. The van der Waals surface area contributed by atoms with Gasteiger partial charge in [0.1, 0.15) is 11.6 Å². The molecule has 0 amide bonds. The van der Waals surface area contributed by atoms with Crippen LogP contribution < -0.4 is 0 Å². The molecule has 0 N–H and O–H groups in total. The molecule has 3 nitrogen and oxygen atoms in total. The topological polar surface area (TPSA) is 38.5 Å². The van der Waals surface area contributed by atoms with E-state index in [4.69, 9.17) is 6.57 Å². The Hall–Kier alpha value is -2.26. The van der Waals surface area contributed by atoms with Gasteiger partial charge < -0.3 is 0 Å². The van der Waals surface area contributed by atoms with Gasteiger partial charge in [-0.15, -0.1) is 0 Å². The molecular formula is C15H11F2NO2S. The minimum atomic E-state index is -3.93. The minimum absolute atomic E-state index is 0.331. The first-order valence-corrected chi connectivity index (χ1v) is 7.72. The van der Waals surface area contributed by atoms with Crippen molar-refractivity contribution in [2.45, 2.75) is 11.1 Å². The van der Waals surface area contributed by atoms with Gasteiger partial charge in [-0.1, -0.05) is 30.3 Å². The van der Waals surface area contributed by atoms with Gasteiger partial charge in [0, 0.05) is 6.07 Å². The molecule has 0 aromatic heterocycles. The molecule has 2 aromatic carbocycles. The molecule has 0 spiro atoms. The van der Waals surface area contributed by atoms with Crippen molar-refractivity contribution in [2.75, 3.05) is 0 Å². The van der Waals surface area contributed by atoms with E-state index >= 15 is 0 Å². The van der Waals surface area contributed by atoms with E-state index in [9.17, 15) is 17.2 Å². The van der Waals surface area contributed by atoms with Crippen LogP contribution in [-0.2, 0) is 15.6 Å². The normalized spacial score (nSPS) is 12.6. The molecule has 0 aliphatic rings. The quantitative estimate of drug-likeness (QED) is 0.811. The van der Waals surface area contributed by atoms with E-state index in [0.29, 0.717) is 11.6 Å². The van der Waals surface area contributed by atoms with Gasteiger partial charge in [0.25, 0.3) is 0 Å². The Balaban J connectivity index is 2.39. The van der Waals surface area contributed by atoms with E-state index in [1.165, 1.54) is 0 Å². The number of rotatable bonds is 4. The van der Waals surface area contributed by atoms with E-state index in [0.717, 1.165) is 12.1 Å². The number of halogens is 2. The second kappa shape index (κ2) is 6.02. The zero-order valence-electron chi connectivity index (χ0n) is 10.8. The monoisotopic (exact) mass is 307 g/mol. The molecule has 21 heavy (non-hydrogen) atoms. The maximum Gasteiger partial charge on any atom is 0.349 e. The Labute approximate surface area is 121 Å². The Kier molecular flexibility index (Phi) is 4.34. The van der Waals surface area contributed by atoms with Crippen molar-refractivity contribution < 1.29 is 17.2 Å². The Bertz CT molecular complexity index is 783. The van der Waals surface area contributed by atoms with Crippen molar-refractivity contribution in [1.82, 2.24) is 0 Å². The largest absolute Gasteiger partial charge is 0.349 e. The molecule has 0 heterocycles. The van der Waals surface area contributed by atoms with Crippen molar-refractivity contribution in [2.24, 2.45) is 0 Å². The summed E-state index contributed by atoms with van der Waals surface area (Å²) in [5.41, 5.74) is 0.177. The summed E-state index contributed by atoms with van der Waals surface area (Å²) in [6, 6.07) is 10.8. The molecule has 2 aromatic rings. The van der Waals surface area contributed by atoms with Crippen LogP contribution in [0.5, 0.6) is 0 Å². The predicted molar refractivity (Wildman–Crippen MR) is 74.8 cm³/mol. The fourth-order valence-electron chi connectivity index (χ4n) is 1.93. The summed E-state index contributed by atoms with van der Waals surface area (Å²) >= 11 is 0. The van der Waals surface area contributed by atoms with E-state index < -0.39 is 26.8 Å². The molecule has 0 saturated heterocycles. The molecular weight excluding hydrogens is 296 g/mol. The molecule has 1 atom stereocenters. The lowest BCUT2D eigenvalue weighted by Crippen LogP contribution is -2.14. The molecule has 1 unspecified atom stereocenters. The molecule has 108 valence electrons. The van der Waals surface area contributed by atoms with Crippen LogP contribution in [0.2, 0.25) is 0 Å². The van der Waals surface area contributed by atoms with Gasteiger partial charge in [0.2, 0.25) is 9.84 Å². The van der Waals surface area contributed by atoms with Gasteiger partial charge in [-0.25, -0.2) is 23.8 Å². The van der Waals surface area contributed by atoms with Crippen LogP contribution in [0.25, 0.3) is 4.85 Å². The highest BCUT2D eigenvalue weighted by Gasteiger charge is 2.35. The summed E-state index contributed by atoms with van der Waals surface area (Å²) in [5.74, 6) is -2.23. The zero-order chi connectivity index (χ0) is 15.5. The number of benzene rings is 2. The fraction of sp³-hybridized carbons (Fsp3) is 0.133. The first-order valence-electron chi connectivity index (χ1n) is 6.01. The number of hydrogen-bond donors (Lipinski definition) is 0. The van der Waals surface area contributed by atoms with Crippen LogP contribution in [0.1, 0.15) is 16.5 Å². The van der Waals surface area contributed by atoms with Gasteiger partial charge in [-0.2, -0.15) is 0 Å². The highest BCUT2D eigenvalue weighted by Crippen LogP contribution is 2.29. The first kappa shape index (κ1) is 15.1. The average molecular weight is 307 g/mol. The van der Waals surface area contributed by atoms with Crippen LogP contribution >= 0.6 is 0 Å². The maximum atomic E-state index is 13.7. The van der Waals surface area contributed by atoms with Crippen LogP contribution in [0.3, 0.4) is 0 Å². The standard InChI is InChI=1S/C15H11F2NO2S/c1-18-15(13-8-7-12(16)9-14(13)17)21(19,20)10-11-5-3-2-4-6-11/h2-9,15H,10H2. The van der Waals surface area contributed by atoms with Gasteiger partial charge in [0.05, 0.1) is 11.3 Å². The maximum absolute atomic E-state index is 13.7. The second-order valence-corrected chi connectivity index (χ2v) is 6.50. The van der Waals surface area contributed by atoms with Crippen molar-refractivity contribution >= 4 is 9.84 Å². The van der Waals surface area contributed by atoms with Crippen LogP contribution in [0.4, 0.5) is 8.78 Å². The fourth-order valence-corrected chi connectivity index (χ4v) is 3.48. The third kappa shape index (κ3) is 3.44. The third-order valence-electron chi connectivity index (χ3n) is 2.90. The highest BCUT2D eigenvalue weighted by molar-refractivity contribution is 7.91. The number of sulfone groups is 1. The lowest BCUT2D eigenvalue weighted by atomic mass is 10.2. The Morgan fingerprint density at radius 2 is 1.76 bits per heavy atom. The Morgan fingerprint density at radius 3 is 2.33 bits per heavy atom. The van der Waals surface area contributed by atoms with E-state index in [1.807, 2.05) is 0 Å². The second-order valence-electron chi connectivity index (χ2n) is 4.44. The smallest absolute Gasteiger partial charge is 0.291 e. The lowest BCUT2D eigenvalue weighted by Gasteiger charge is -2.09. The summed E-state index contributed by atoms with van der Waals surface area (Å²) < 4.78 is 51.2. The van der Waals surface area contributed by atoms with E-state index in [1.54, 1.807) is 30.3 Å². The average Bonchev–Trinajstić information content (AvgIpc) is 2.42. The van der Waals surface area contributed by atoms with Gasteiger partial charge in [-0.05, 0) is 17.7 Å². The zero-order valence-corrected chi connectivity index (χ0v) is 11.6. The third-order valence-corrected chi connectivity index (χ3v) is 4.67. The number of hydrogen-bond acceptors (Lipinski definition) is 2. The Morgan fingerprint density at radius 1 is 1.10 bits per heavy atom. The summed E-state index contributed by atoms with van der Waals surface area (Å²) in [4.78, 5) is 3.02. The van der Waals surface area contributed by atoms with Crippen LogP contribution in [-0.4, -0.2) is 8.42 Å². The summed E-state index contributed by atoms with van der Waals surface area (Å²) in [7, 11) is -3.93. The van der Waals surface area contributed by atoms with Crippen molar-refractivity contribution in [1.29, 1.82) is 0 Å². The molecule has 2 rings (SSSR count). The lowest BCUT2D eigenvalue weighted by molar-refractivity contribution is 0.563. The highest BCUT2D eigenvalue weighted by atomic mass is 32.2. The van der Waals surface area contributed by atoms with Gasteiger partial charge >= 0.3 is 5.37 Å². The molecule has 6 heteroatoms. The summed E-state index contributed by atoms with van der Waals surface area (Å²) in [6.45, 7) is 7.05. The molecule has 0 saturated carbocycles. The van der Waals surface area contributed by atoms with Crippen molar-refractivity contribution in [3.63, 3.8) is 0 Å². The van der Waals surface area contributed by atoms with Gasteiger partial charge in [-0.3, -0.25) is 4.85 Å². The van der Waals surface area contributed by atoms with Crippen molar-refractivity contribution in [3.05, 3.63) is 82.7 Å². The molecule has 0 aliphatic heterocycles. The SMILES string of the molecule is [C-]#[N+]C(c1ccc(F)cc1F)S(=O)(=O)Cc1ccccc1. The molecule has 0 fully saturated rings. The minimum Gasteiger partial charge on any atom is -0.291 e. The first-order chi connectivity index (χ1) is 9.94. The van der Waals surface area contributed by atoms with E-state index in [-0.39, 0.29) is 11.3 Å². The van der Waals surface area contributed by atoms with Crippen LogP contribution in [0, 0.1) is 18.2 Å². The van der Waals surface area contributed by atoms with Crippen molar-refractivity contribution in [3.8, 4) is 0 Å². The predicted octanol–water partition coefficient (Wildman–Crippen LogP) is 3.50. The molecule has 0 radical (unpaired) electrons. The van der Waals surface area contributed by atoms with Crippen LogP contribution in [0.15, 0.2) is 48.5 Å². The molecule has 0 aliphatic carbocycles. The van der Waals surface area contributed by atoms with Gasteiger partial charge in [0.15, 0.2) is 0 Å². The summed E-state index contributed by atoms with van der Waals surface area (Å²) in [6.07, 6.45) is 0. The number of nitrogens with zero attached hydrogens (tertiary/aromatic N) is 1. The van der Waals surface area contributed by atoms with E-state index in [2.05, 4.69) is 4.85 Å². The molecule has 0 bridgehead atoms.